The van der Waals surface area contributed by atoms with Crippen LogP contribution in [0.1, 0.15) is 18.4 Å². The van der Waals surface area contributed by atoms with E-state index in [1.807, 2.05) is 36.1 Å². The van der Waals surface area contributed by atoms with Crippen molar-refractivity contribution >= 4 is 34.9 Å². The standard InChI is InChI=1S/C24H23Cl2N5O/c1-15-12-17(25)4-5-18(15)22-23(19-6-7-27-13-20(19)26)29-21(14-28-22)30-8-10-31(11-9-30)24(32)16-2-3-16/h4-7,12-14,16H,2-3,8-11H2,1H3. The molecule has 0 radical (unpaired) electrons. The second-order valence-corrected chi connectivity index (χ2v) is 9.17. The Morgan fingerprint density at radius 3 is 2.47 bits per heavy atom. The van der Waals surface area contributed by atoms with Gasteiger partial charge in [-0.15, -0.1) is 0 Å². The Hall–Kier alpha value is -2.70. The molecule has 5 rings (SSSR count). The predicted octanol–water partition coefficient (Wildman–Crippen LogP) is 4.88. The number of piperazine rings is 1. The van der Waals surface area contributed by atoms with E-state index in [0.717, 1.165) is 54.1 Å². The summed E-state index contributed by atoms with van der Waals surface area (Å²) in [7, 11) is 0. The number of pyridine rings is 1. The van der Waals surface area contributed by atoms with Crippen molar-refractivity contribution in [3.05, 3.63) is 58.5 Å². The maximum Gasteiger partial charge on any atom is 0.225 e. The van der Waals surface area contributed by atoms with Gasteiger partial charge in [0.15, 0.2) is 0 Å². The molecule has 0 unspecified atom stereocenters. The third kappa shape index (κ3) is 4.17. The van der Waals surface area contributed by atoms with Crippen molar-refractivity contribution in [1.29, 1.82) is 0 Å². The van der Waals surface area contributed by atoms with Crippen molar-refractivity contribution in [2.45, 2.75) is 19.8 Å². The maximum absolute atomic E-state index is 12.4. The number of carbonyl (C=O) groups is 1. The van der Waals surface area contributed by atoms with Crippen LogP contribution in [0.15, 0.2) is 42.9 Å². The lowest BCUT2D eigenvalue weighted by molar-refractivity contribution is -0.132. The Balaban J connectivity index is 1.50. The number of rotatable bonds is 4. The summed E-state index contributed by atoms with van der Waals surface area (Å²) in [5, 5.41) is 1.20. The minimum atomic E-state index is 0.253. The Morgan fingerprint density at radius 1 is 1.00 bits per heavy atom. The molecule has 8 heteroatoms. The highest BCUT2D eigenvalue weighted by Crippen LogP contribution is 2.36. The van der Waals surface area contributed by atoms with Crippen molar-refractivity contribution in [2.75, 3.05) is 31.1 Å². The van der Waals surface area contributed by atoms with Crippen LogP contribution in [0.25, 0.3) is 22.5 Å². The molecule has 2 aromatic heterocycles. The zero-order chi connectivity index (χ0) is 22.2. The molecule has 0 N–H and O–H groups in total. The molecule has 1 saturated heterocycles. The van der Waals surface area contributed by atoms with Crippen LogP contribution in [0.3, 0.4) is 0 Å². The summed E-state index contributed by atoms with van der Waals surface area (Å²) >= 11 is 12.7. The number of anilines is 1. The first-order valence-electron chi connectivity index (χ1n) is 10.8. The summed E-state index contributed by atoms with van der Waals surface area (Å²) in [5.74, 6) is 1.33. The first-order chi connectivity index (χ1) is 15.5. The lowest BCUT2D eigenvalue weighted by atomic mass is 10.0. The third-order valence-electron chi connectivity index (χ3n) is 6.07. The monoisotopic (exact) mass is 467 g/mol. The van der Waals surface area contributed by atoms with Gasteiger partial charge in [0.1, 0.15) is 11.5 Å². The first kappa shape index (κ1) is 21.2. The average Bonchev–Trinajstić information content (AvgIpc) is 3.65. The Morgan fingerprint density at radius 2 is 1.78 bits per heavy atom. The van der Waals surface area contributed by atoms with Crippen LogP contribution < -0.4 is 4.90 Å². The predicted molar refractivity (Wildman–Crippen MR) is 127 cm³/mol. The number of carbonyl (C=O) groups excluding carboxylic acids is 1. The number of halogens is 2. The fourth-order valence-electron chi connectivity index (χ4n) is 4.12. The fourth-order valence-corrected chi connectivity index (χ4v) is 4.56. The van der Waals surface area contributed by atoms with Crippen LogP contribution in [0, 0.1) is 12.8 Å². The van der Waals surface area contributed by atoms with Crippen LogP contribution in [-0.4, -0.2) is 51.9 Å². The molecule has 1 saturated carbocycles. The van der Waals surface area contributed by atoms with Crippen LogP contribution >= 0.6 is 23.2 Å². The van der Waals surface area contributed by atoms with E-state index < -0.39 is 0 Å². The van der Waals surface area contributed by atoms with Gasteiger partial charge in [0.25, 0.3) is 0 Å². The SMILES string of the molecule is Cc1cc(Cl)ccc1-c1ncc(N2CCN(C(=O)C3CC3)CC2)nc1-c1ccncc1Cl. The topological polar surface area (TPSA) is 62.2 Å². The maximum atomic E-state index is 12.4. The summed E-state index contributed by atoms with van der Waals surface area (Å²) in [6.07, 6.45) is 7.20. The van der Waals surface area contributed by atoms with E-state index in [2.05, 4.69) is 9.88 Å². The Labute approximate surface area is 197 Å². The van der Waals surface area contributed by atoms with Crippen molar-refractivity contribution in [3.63, 3.8) is 0 Å². The first-order valence-corrected chi connectivity index (χ1v) is 11.5. The molecule has 1 aliphatic heterocycles. The number of hydrogen-bond donors (Lipinski definition) is 0. The molecule has 2 fully saturated rings. The van der Waals surface area contributed by atoms with Gasteiger partial charge in [-0.1, -0.05) is 29.3 Å². The normalized spacial score (nSPS) is 16.3. The van der Waals surface area contributed by atoms with Gasteiger partial charge in [0.2, 0.25) is 5.91 Å². The Bertz CT molecular complexity index is 1170. The molecule has 1 aromatic carbocycles. The summed E-state index contributed by atoms with van der Waals surface area (Å²) in [6.45, 7) is 4.89. The van der Waals surface area contributed by atoms with Gasteiger partial charge in [-0.05, 0) is 43.5 Å². The molecule has 6 nitrogen and oxygen atoms in total. The number of hydrogen-bond acceptors (Lipinski definition) is 5. The number of aryl methyl sites for hydroxylation is 1. The quantitative estimate of drug-likeness (QED) is 0.546. The minimum Gasteiger partial charge on any atom is -0.352 e. The lowest BCUT2D eigenvalue weighted by Gasteiger charge is -2.35. The molecule has 1 amide bonds. The number of amides is 1. The lowest BCUT2D eigenvalue weighted by Crippen LogP contribution is -2.49. The summed E-state index contributed by atoms with van der Waals surface area (Å²) < 4.78 is 0. The Kier molecular flexibility index (Phi) is 5.74. The van der Waals surface area contributed by atoms with Gasteiger partial charge in [-0.3, -0.25) is 14.8 Å². The molecule has 32 heavy (non-hydrogen) atoms. The summed E-state index contributed by atoms with van der Waals surface area (Å²) in [4.78, 5) is 30.5. The van der Waals surface area contributed by atoms with Crippen LogP contribution in [0.4, 0.5) is 5.82 Å². The molecule has 3 heterocycles. The molecule has 3 aromatic rings. The van der Waals surface area contributed by atoms with Gasteiger partial charge in [0.05, 0.1) is 16.9 Å². The zero-order valence-electron chi connectivity index (χ0n) is 17.8. The van der Waals surface area contributed by atoms with E-state index >= 15 is 0 Å². The molecule has 164 valence electrons. The van der Waals surface area contributed by atoms with Crippen LogP contribution in [0.5, 0.6) is 0 Å². The summed E-state index contributed by atoms with van der Waals surface area (Å²) in [5.41, 5.74) is 4.20. The van der Waals surface area contributed by atoms with Gasteiger partial charge in [-0.25, -0.2) is 4.98 Å². The fraction of sp³-hybridized carbons (Fsp3) is 0.333. The molecular weight excluding hydrogens is 445 g/mol. The molecular formula is C24H23Cl2N5O. The molecule has 0 bridgehead atoms. The van der Waals surface area contributed by atoms with Crippen molar-refractivity contribution in [2.24, 2.45) is 5.92 Å². The summed E-state index contributed by atoms with van der Waals surface area (Å²) in [6, 6.07) is 7.59. The van der Waals surface area contributed by atoms with E-state index in [0.29, 0.717) is 34.7 Å². The van der Waals surface area contributed by atoms with Crippen molar-refractivity contribution < 1.29 is 4.79 Å². The van der Waals surface area contributed by atoms with Gasteiger partial charge < -0.3 is 9.80 Å². The second-order valence-electron chi connectivity index (χ2n) is 8.33. The van der Waals surface area contributed by atoms with Crippen LogP contribution in [0.2, 0.25) is 10.0 Å². The van der Waals surface area contributed by atoms with E-state index in [1.54, 1.807) is 18.6 Å². The van der Waals surface area contributed by atoms with E-state index in [9.17, 15) is 4.79 Å². The van der Waals surface area contributed by atoms with Gasteiger partial charge >= 0.3 is 0 Å². The minimum absolute atomic E-state index is 0.253. The number of benzene rings is 1. The highest BCUT2D eigenvalue weighted by Gasteiger charge is 2.34. The second kappa shape index (κ2) is 8.68. The number of aromatic nitrogens is 3. The highest BCUT2D eigenvalue weighted by atomic mass is 35.5. The molecule has 1 aliphatic carbocycles. The van der Waals surface area contributed by atoms with Gasteiger partial charge in [0, 0.05) is 60.6 Å². The molecule has 0 atom stereocenters. The average molecular weight is 468 g/mol. The zero-order valence-corrected chi connectivity index (χ0v) is 19.3. The molecule has 0 spiro atoms. The van der Waals surface area contributed by atoms with Crippen molar-refractivity contribution in [3.8, 4) is 22.5 Å². The van der Waals surface area contributed by atoms with E-state index in [4.69, 9.17) is 33.2 Å². The third-order valence-corrected chi connectivity index (χ3v) is 6.61. The highest BCUT2D eigenvalue weighted by molar-refractivity contribution is 6.33. The van der Waals surface area contributed by atoms with Crippen LogP contribution in [-0.2, 0) is 4.79 Å². The van der Waals surface area contributed by atoms with E-state index in [-0.39, 0.29) is 5.92 Å². The molecule has 2 aliphatic rings. The number of nitrogens with zero attached hydrogens (tertiary/aromatic N) is 5. The smallest absolute Gasteiger partial charge is 0.225 e. The van der Waals surface area contributed by atoms with E-state index in [1.165, 1.54) is 0 Å². The van der Waals surface area contributed by atoms with Crippen molar-refractivity contribution in [1.82, 2.24) is 19.9 Å². The van der Waals surface area contributed by atoms with Gasteiger partial charge in [-0.2, -0.15) is 0 Å². The largest absolute Gasteiger partial charge is 0.352 e.